The topological polar surface area (TPSA) is 66.4 Å². The Bertz CT molecular complexity index is 512. The van der Waals surface area contributed by atoms with Crippen LogP contribution in [-0.2, 0) is 22.4 Å². The lowest BCUT2D eigenvalue weighted by molar-refractivity contribution is -0.142. The second kappa shape index (κ2) is 6.07. The molecule has 1 aromatic carbocycles. The van der Waals surface area contributed by atoms with Crippen LogP contribution in [0.2, 0.25) is 0 Å². The Hall–Kier alpha value is -1.84. The maximum Gasteiger partial charge on any atom is 0.308 e. The number of carbonyl (C=O) groups is 2. The van der Waals surface area contributed by atoms with Gasteiger partial charge in [-0.2, -0.15) is 0 Å². The number of aliphatic carboxylic acids is 1. The summed E-state index contributed by atoms with van der Waals surface area (Å²) in [6.07, 6.45) is 2.49. The number of nitrogens with one attached hydrogen (secondary N) is 1. The molecule has 2 rings (SSSR count). The Balaban J connectivity index is 1.96. The van der Waals surface area contributed by atoms with Gasteiger partial charge in [0.2, 0.25) is 5.91 Å². The molecular formula is C16H21NO3. The van der Waals surface area contributed by atoms with Gasteiger partial charge in [-0.3, -0.25) is 9.59 Å². The van der Waals surface area contributed by atoms with Gasteiger partial charge >= 0.3 is 5.97 Å². The van der Waals surface area contributed by atoms with Crippen molar-refractivity contribution in [3.8, 4) is 0 Å². The minimum absolute atomic E-state index is 0.0277. The van der Waals surface area contributed by atoms with Crippen molar-refractivity contribution < 1.29 is 14.7 Å². The number of hydrogen-bond donors (Lipinski definition) is 2. The Labute approximate surface area is 119 Å². The lowest BCUT2D eigenvalue weighted by atomic mass is 9.83. The molecule has 0 radical (unpaired) electrons. The van der Waals surface area contributed by atoms with Gasteiger partial charge in [-0.05, 0) is 44.2 Å². The standard InChI is InChI=1S/C16H21NO3/c1-10(16(19)20)11(2)17-15(18)14-8-7-12-5-3-4-6-13(12)9-14/h3-6,10-11,14H,7-9H2,1-2H3,(H,17,18)(H,19,20). The predicted octanol–water partition coefficient (Wildman–Crippen LogP) is 2.02. The van der Waals surface area contributed by atoms with Crippen LogP contribution >= 0.6 is 0 Å². The average molecular weight is 275 g/mol. The molecule has 1 aliphatic rings. The van der Waals surface area contributed by atoms with Crippen molar-refractivity contribution in [3.63, 3.8) is 0 Å². The molecule has 0 saturated carbocycles. The van der Waals surface area contributed by atoms with Gasteiger partial charge in [0.15, 0.2) is 0 Å². The molecule has 2 N–H and O–H groups in total. The van der Waals surface area contributed by atoms with E-state index in [2.05, 4.69) is 17.4 Å². The highest BCUT2D eigenvalue weighted by Gasteiger charge is 2.27. The van der Waals surface area contributed by atoms with Crippen LogP contribution in [0.5, 0.6) is 0 Å². The van der Waals surface area contributed by atoms with E-state index in [0.717, 1.165) is 19.3 Å². The largest absolute Gasteiger partial charge is 0.481 e. The first-order chi connectivity index (χ1) is 9.49. The number of carboxylic acid groups (broad SMARTS) is 1. The summed E-state index contributed by atoms with van der Waals surface area (Å²) in [5, 5.41) is 11.8. The van der Waals surface area contributed by atoms with Crippen molar-refractivity contribution in [2.75, 3.05) is 0 Å². The van der Waals surface area contributed by atoms with Crippen molar-refractivity contribution in [2.24, 2.45) is 11.8 Å². The van der Waals surface area contributed by atoms with Crippen LogP contribution in [0.3, 0.4) is 0 Å². The number of benzene rings is 1. The molecule has 0 spiro atoms. The van der Waals surface area contributed by atoms with Gasteiger partial charge in [0, 0.05) is 12.0 Å². The predicted molar refractivity (Wildman–Crippen MR) is 76.4 cm³/mol. The Kier molecular flexibility index (Phi) is 4.42. The van der Waals surface area contributed by atoms with E-state index in [9.17, 15) is 9.59 Å². The smallest absolute Gasteiger partial charge is 0.308 e. The molecule has 3 unspecified atom stereocenters. The fourth-order valence-electron chi connectivity index (χ4n) is 2.60. The second-order valence-electron chi connectivity index (χ2n) is 5.63. The van der Waals surface area contributed by atoms with Gasteiger partial charge in [0.25, 0.3) is 0 Å². The van der Waals surface area contributed by atoms with E-state index in [1.165, 1.54) is 11.1 Å². The van der Waals surface area contributed by atoms with Crippen LogP contribution in [0.4, 0.5) is 0 Å². The Morgan fingerprint density at radius 3 is 2.55 bits per heavy atom. The first kappa shape index (κ1) is 14.6. The molecule has 4 heteroatoms. The monoisotopic (exact) mass is 275 g/mol. The second-order valence-corrected chi connectivity index (χ2v) is 5.63. The highest BCUT2D eigenvalue weighted by molar-refractivity contribution is 5.80. The molecule has 0 saturated heterocycles. The molecular weight excluding hydrogens is 254 g/mol. The maximum absolute atomic E-state index is 12.2. The summed E-state index contributed by atoms with van der Waals surface area (Å²) in [6.45, 7) is 3.36. The van der Waals surface area contributed by atoms with E-state index < -0.39 is 11.9 Å². The summed E-state index contributed by atoms with van der Waals surface area (Å²) >= 11 is 0. The molecule has 3 atom stereocenters. The van der Waals surface area contributed by atoms with Gasteiger partial charge < -0.3 is 10.4 Å². The molecule has 108 valence electrons. The van der Waals surface area contributed by atoms with Crippen LogP contribution < -0.4 is 5.32 Å². The quantitative estimate of drug-likeness (QED) is 0.883. The highest BCUT2D eigenvalue weighted by Crippen LogP contribution is 2.25. The van der Waals surface area contributed by atoms with Gasteiger partial charge in [0.1, 0.15) is 0 Å². The zero-order valence-corrected chi connectivity index (χ0v) is 11.9. The van der Waals surface area contributed by atoms with E-state index in [-0.39, 0.29) is 17.9 Å². The fraction of sp³-hybridized carbons (Fsp3) is 0.500. The molecule has 1 amide bonds. The van der Waals surface area contributed by atoms with Gasteiger partial charge in [-0.1, -0.05) is 24.3 Å². The Morgan fingerprint density at radius 1 is 1.25 bits per heavy atom. The van der Waals surface area contributed by atoms with Crippen molar-refractivity contribution >= 4 is 11.9 Å². The molecule has 1 aromatic rings. The van der Waals surface area contributed by atoms with Crippen molar-refractivity contribution in [2.45, 2.75) is 39.2 Å². The van der Waals surface area contributed by atoms with Gasteiger partial charge in [0.05, 0.1) is 5.92 Å². The molecule has 0 aromatic heterocycles. The van der Waals surface area contributed by atoms with Crippen LogP contribution in [0.25, 0.3) is 0 Å². The average Bonchev–Trinajstić information content (AvgIpc) is 2.45. The number of rotatable bonds is 4. The number of carbonyl (C=O) groups excluding carboxylic acids is 1. The van der Waals surface area contributed by atoms with Crippen molar-refractivity contribution in [1.29, 1.82) is 0 Å². The number of amides is 1. The molecule has 0 heterocycles. The number of fused-ring (bicyclic) bond motifs is 1. The third kappa shape index (κ3) is 3.18. The minimum Gasteiger partial charge on any atom is -0.481 e. The molecule has 0 bridgehead atoms. The Morgan fingerprint density at radius 2 is 1.90 bits per heavy atom. The SMILES string of the molecule is CC(NC(=O)C1CCc2ccccc2C1)C(C)C(=O)O. The van der Waals surface area contributed by atoms with Gasteiger partial charge in [-0.15, -0.1) is 0 Å². The number of aryl methyl sites for hydroxylation is 1. The third-order valence-electron chi connectivity index (χ3n) is 4.23. The lowest BCUT2D eigenvalue weighted by Gasteiger charge is -2.26. The van der Waals surface area contributed by atoms with Crippen molar-refractivity contribution in [3.05, 3.63) is 35.4 Å². The van der Waals surface area contributed by atoms with Crippen LogP contribution in [0.15, 0.2) is 24.3 Å². The molecule has 4 nitrogen and oxygen atoms in total. The van der Waals surface area contributed by atoms with Crippen LogP contribution in [0.1, 0.15) is 31.4 Å². The summed E-state index contributed by atoms with van der Waals surface area (Å²) in [5.41, 5.74) is 2.56. The molecule has 1 aliphatic carbocycles. The fourth-order valence-corrected chi connectivity index (χ4v) is 2.60. The van der Waals surface area contributed by atoms with Crippen molar-refractivity contribution in [1.82, 2.24) is 5.32 Å². The lowest BCUT2D eigenvalue weighted by Crippen LogP contribution is -2.44. The van der Waals surface area contributed by atoms with E-state index in [1.807, 2.05) is 12.1 Å². The van der Waals surface area contributed by atoms with E-state index >= 15 is 0 Å². The van der Waals surface area contributed by atoms with E-state index in [4.69, 9.17) is 5.11 Å². The number of hydrogen-bond acceptors (Lipinski definition) is 2. The summed E-state index contributed by atoms with van der Waals surface area (Å²) in [7, 11) is 0. The molecule has 0 fully saturated rings. The minimum atomic E-state index is -0.883. The maximum atomic E-state index is 12.2. The summed E-state index contributed by atoms with van der Waals surface area (Å²) in [6, 6.07) is 7.85. The van der Waals surface area contributed by atoms with Gasteiger partial charge in [-0.25, -0.2) is 0 Å². The van der Waals surface area contributed by atoms with E-state index in [0.29, 0.717) is 0 Å². The summed E-state index contributed by atoms with van der Waals surface area (Å²) in [4.78, 5) is 23.2. The zero-order chi connectivity index (χ0) is 14.7. The molecule has 20 heavy (non-hydrogen) atoms. The number of carboxylic acids is 1. The highest BCUT2D eigenvalue weighted by atomic mass is 16.4. The summed E-state index contributed by atoms with van der Waals surface area (Å²) < 4.78 is 0. The van der Waals surface area contributed by atoms with Crippen LogP contribution in [0, 0.1) is 11.8 Å². The first-order valence-electron chi connectivity index (χ1n) is 7.09. The van der Waals surface area contributed by atoms with E-state index in [1.54, 1.807) is 13.8 Å². The zero-order valence-electron chi connectivity index (χ0n) is 11.9. The molecule has 0 aliphatic heterocycles. The normalized spacial score (nSPS) is 20.6. The van der Waals surface area contributed by atoms with Crippen LogP contribution in [-0.4, -0.2) is 23.0 Å². The summed E-state index contributed by atoms with van der Waals surface area (Å²) in [5.74, 6) is -1.53. The first-order valence-corrected chi connectivity index (χ1v) is 7.09. The third-order valence-corrected chi connectivity index (χ3v) is 4.23.